The zero-order valence-electron chi connectivity index (χ0n) is 13.0. The first-order valence-electron chi connectivity index (χ1n) is 6.88. The van der Waals surface area contributed by atoms with Crippen molar-refractivity contribution < 1.29 is 17.7 Å². The third kappa shape index (κ3) is 7.44. The van der Waals surface area contributed by atoms with Gasteiger partial charge in [-0.25, -0.2) is 0 Å². The number of rotatable bonds is 4. The molecule has 1 heterocycles. The van der Waals surface area contributed by atoms with Crippen molar-refractivity contribution in [2.24, 2.45) is 5.73 Å². The van der Waals surface area contributed by atoms with E-state index in [1.807, 2.05) is 13.0 Å². The van der Waals surface area contributed by atoms with Gasteiger partial charge >= 0.3 is 0 Å². The lowest BCUT2D eigenvalue weighted by atomic mass is 10.2. The average Bonchev–Trinajstić information content (AvgIpc) is 2.49. The van der Waals surface area contributed by atoms with Crippen LogP contribution in [-0.2, 0) is 16.5 Å². The Morgan fingerprint density at radius 1 is 1.29 bits per heavy atom. The second kappa shape index (κ2) is 9.26. The zero-order chi connectivity index (χ0) is 18.2. The molecule has 0 saturated heterocycles. The van der Waals surface area contributed by atoms with Gasteiger partial charge in [0, 0.05) is 24.3 Å². The molecule has 0 amide bonds. The summed E-state index contributed by atoms with van der Waals surface area (Å²) in [6.07, 6.45) is 2.10. The van der Waals surface area contributed by atoms with Gasteiger partial charge in [0.15, 0.2) is 17.1 Å². The van der Waals surface area contributed by atoms with Gasteiger partial charge in [0.25, 0.3) is 10.1 Å². The second-order valence-electron chi connectivity index (χ2n) is 4.77. The number of amidine groups is 1. The highest BCUT2D eigenvalue weighted by Crippen LogP contribution is 2.08. The van der Waals surface area contributed by atoms with Gasteiger partial charge in [-0.15, -0.1) is 0 Å². The van der Waals surface area contributed by atoms with E-state index in [0.29, 0.717) is 17.9 Å². The minimum Gasteiger partial charge on any atom is -0.619 e. The highest BCUT2D eigenvalue weighted by atomic mass is 32.2. The lowest BCUT2D eigenvalue weighted by Crippen LogP contribution is -2.31. The number of aromatic nitrogens is 1. The Balaban J connectivity index is 0.000000243. The summed E-state index contributed by atoms with van der Waals surface area (Å²) in [6, 6.07) is 11.3. The van der Waals surface area contributed by atoms with Crippen LogP contribution in [-0.4, -0.2) is 23.9 Å². The molecule has 2 rings (SSSR count). The quantitative estimate of drug-likeness (QED) is 0.247. The summed E-state index contributed by atoms with van der Waals surface area (Å²) in [6.45, 7) is 1.84. The number of nitrogens with one attached hydrogen (secondary N) is 1. The maximum absolute atomic E-state index is 11.1. The van der Waals surface area contributed by atoms with E-state index in [1.165, 1.54) is 30.1 Å². The van der Waals surface area contributed by atoms with Crippen LogP contribution in [0.15, 0.2) is 53.6 Å². The molecule has 0 unspecified atom stereocenters. The number of thioether (sulfide) groups is 1. The third-order valence-electron chi connectivity index (χ3n) is 2.84. The summed E-state index contributed by atoms with van der Waals surface area (Å²) >= 11 is 1.24. The van der Waals surface area contributed by atoms with Crippen LogP contribution in [0, 0.1) is 17.5 Å². The number of pyridine rings is 1. The van der Waals surface area contributed by atoms with Crippen LogP contribution in [0.3, 0.4) is 0 Å². The fourth-order valence-electron chi connectivity index (χ4n) is 1.63. The van der Waals surface area contributed by atoms with Crippen LogP contribution in [0.5, 0.6) is 0 Å². The zero-order valence-corrected chi connectivity index (χ0v) is 14.7. The molecular formula is C15H19N3O4S2. The van der Waals surface area contributed by atoms with E-state index in [-0.39, 0.29) is 10.1 Å². The Hall–Kier alpha value is -2.10. The smallest absolute Gasteiger partial charge is 0.294 e. The summed E-state index contributed by atoms with van der Waals surface area (Å²) in [5.41, 5.74) is 6.82. The number of benzene rings is 1. The molecule has 1 aromatic carbocycles. The van der Waals surface area contributed by atoms with E-state index in [9.17, 15) is 13.6 Å². The first kappa shape index (κ1) is 19.9. The summed E-state index contributed by atoms with van der Waals surface area (Å²) in [5.74, 6) is 0.668. The van der Waals surface area contributed by atoms with Crippen molar-refractivity contribution in [3.8, 4) is 0 Å². The van der Waals surface area contributed by atoms with Crippen LogP contribution in [0.4, 0.5) is 0 Å². The Labute approximate surface area is 145 Å². The summed E-state index contributed by atoms with van der Waals surface area (Å²) in [7, 11) is -4.02. The van der Waals surface area contributed by atoms with Gasteiger partial charge in [-0.1, -0.05) is 35.5 Å². The Bertz CT molecular complexity index is 778. The normalized spacial score (nSPS) is 10.6. The Morgan fingerprint density at radius 2 is 1.92 bits per heavy atom. The van der Waals surface area contributed by atoms with Crippen molar-refractivity contribution in [3.05, 3.63) is 65.1 Å². The van der Waals surface area contributed by atoms with Gasteiger partial charge in [-0.05, 0) is 19.1 Å². The standard InChI is InChI=1S/C8H11N3OS.C7H8O3S/c9-8(10)13-6-4-7-3-1-2-5-11(7)12;1-6-2-4-7(5-3-6)11(8,9)10/h1-3,5H,4,6H2,(H3,9,10);2-5H,1H3,(H,8,9,10). The van der Waals surface area contributed by atoms with Gasteiger partial charge in [-0.2, -0.15) is 13.1 Å². The van der Waals surface area contributed by atoms with E-state index < -0.39 is 10.1 Å². The molecule has 9 heteroatoms. The highest BCUT2D eigenvalue weighted by molar-refractivity contribution is 8.13. The molecular weight excluding hydrogens is 350 g/mol. The molecule has 24 heavy (non-hydrogen) atoms. The average molecular weight is 369 g/mol. The topological polar surface area (TPSA) is 131 Å². The molecule has 4 N–H and O–H groups in total. The molecule has 0 saturated carbocycles. The van der Waals surface area contributed by atoms with Gasteiger partial charge in [0.2, 0.25) is 0 Å². The maximum Gasteiger partial charge on any atom is 0.294 e. The van der Waals surface area contributed by atoms with Crippen molar-refractivity contribution in [3.63, 3.8) is 0 Å². The summed E-state index contributed by atoms with van der Waals surface area (Å²) < 4.78 is 30.4. The summed E-state index contributed by atoms with van der Waals surface area (Å²) in [5, 5.41) is 18.2. The second-order valence-corrected chi connectivity index (χ2v) is 7.33. The lowest BCUT2D eigenvalue weighted by Gasteiger charge is -2.02. The fraction of sp³-hybridized carbons (Fsp3) is 0.200. The summed E-state index contributed by atoms with van der Waals surface area (Å²) in [4.78, 5) is -0.0666. The van der Waals surface area contributed by atoms with Crippen LogP contribution in [0.1, 0.15) is 11.3 Å². The van der Waals surface area contributed by atoms with Crippen molar-refractivity contribution in [1.82, 2.24) is 0 Å². The van der Waals surface area contributed by atoms with Crippen LogP contribution in [0.2, 0.25) is 0 Å². The number of nitrogens with zero attached hydrogens (tertiary/aromatic N) is 1. The Kier molecular flexibility index (Phi) is 7.69. The SMILES string of the molecule is Cc1ccc(S(=O)(=O)O)cc1.N=C(N)SCCc1cccc[n+]1[O-]. The minimum absolute atomic E-state index is 0.0666. The maximum atomic E-state index is 11.1. The molecule has 0 spiro atoms. The van der Waals surface area contributed by atoms with Crippen LogP contribution < -0.4 is 10.5 Å². The minimum atomic E-state index is -4.02. The van der Waals surface area contributed by atoms with E-state index in [0.717, 1.165) is 10.3 Å². The van der Waals surface area contributed by atoms with E-state index in [4.69, 9.17) is 15.7 Å². The van der Waals surface area contributed by atoms with Crippen molar-refractivity contribution in [2.45, 2.75) is 18.2 Å². The van der Waals surface area contributed by atoms with Gasteiger partial charge in [-0.3, -0.25) is 9.96 Å². The van der Waals surface area contributed by atoms with E-state index >= 15 is 0 Å². The molecule has 0 bridgehead atoms. The molecule has 2 aromatic rings. The monoisotopic (exact) mass is 369 g/mol. The lowest BCUT2D eigenvalue weighted by molar-refractivity contribution is -0.613. The predicted molar refractivity (Wildman–Crippen MR) is 94.5 cm³/mol. The molecule has 0 atom stereocenters. The van der Waals surface area contributed by atoms with Crippen LogP contribution >= 0.6 is 11.8 Å². The van der Waals surface area contributed by atoms with Crippen LogP contribution in [0.25, 0.3) is 0 Å². The molecule has 0 fully saturated rings. The van der Waals surface area contributed by atoms with Crippen molar-refractivity contribution >= 4 is 27.0 Å². The molecule has 0 aliphatic carbocycles. The Morgan fingerprint density at radius 3 is 2.42 bits per heavy atom. The molecule has 0 aliphatic heterocycles. The van der Waals surface area contributed by atoms with Crippen molar-refractivity contribution in [1.29, 1.82) is 5.41 Å². The predicted octanol–water partition coefficient (Wildman–Crippen LogP) is 1.73. The fourth-order valence-corrected chi connectivity index (χ4v) is 2.64. The molecule has 1 aromatic heterocycles. The molecule has 7 nitrogen and oxygen atoms in total. The van der Waals surface area contributed by atoms with E-state index in [2.05, 4.69) is 0 Å². The number of hydrogen-bond donors (Lipinski definition) is 3. The van der Waals surface area contributed by atoms with E-state index in [1.54, 1.807) is 24.3 Å². The number of aryl methyl sites for hydroxylation is 2. The molecule has 0 aliphatic rings. The van der Waals surface area contributed by atoms with Gasteiger partial charge in [0.1, 0.15) is 0 Å². The largest absolute Gasteiger partial charge is 0.619 e. The van der Waals surface area contributed by atoms with Gasteiger partial charge < -0.3 is 10.9 Å². The third-order valence-corrected chi connectivity index (χ3v) is 4.43. The molecule has 130 valence electrons. The van der Waals surface area contributed by atoms with Gasteiger partial charge in [0.05, 0.1) is 4.90 Å². The van der Waals surface area contributed by atoms with Crippen molar-refractivity contribution in [2.75, 3.05) is 5.75 Å². The highest BCUT2D eigenvalue weighted by Gasteiger charge is 2.06. The number of hydrogen-bond acceptors (Lipinski definition) is 5. The molecule has 0 radical (unpaired) electrons. The number of nitrogens with two attached hydrogens (primary N) is 1. The first-order chi connectivity index (χ1) is 11.2. The first-order valence-corrected chi connectivity index (χ1v) is 9.31.